The van der Waals surface area contributed by atoms with Crippen LogP contribution in [0, 0.1) is 11.6 Å². The molecule has 3 aromatic rings. The molecular weight excluding hydrogens is 324 g/mol. The van der Waals surface area contributed by atoms with Gasteiger partial charge in [0.25, 0.3) is 5.91 Å². The van der Waals surface area contributed by atoms with Crippen LogP contribution in [-0.2, 0) is 6.54 Å². The molecule has 1 N–H and O–H groups in total. The molecule has 0 unspecified atom stereocenters. The lowest BCUT2D eigenvalue weighted by Gasteiger charge is -2.23. The Labute approximate surface area is 142 Å². The highest BCUT2D eigenvalue weighted by atomic mass is 19.1. The molecule has 0 radical (unpaired) electrons. The number of nitrogens with zero attached hydrogens (tertiary/aromatic N) is 2. The Hall–Kier alpha value is -3.28. The fourth-order valence-electron chi connectivity index (χ4n) is 2.87. The second-order valence-electron chi connectivity index (χ2n) is 5.67. The van der Waals surface area contributed by atoms with Gasteiger partial charge in [0.05, 0.1) is 23.5 Å². The molecule has 25 heavy (non-hydrogen) atoms. The summed E-state index contributed by atoms with van der Waals surface area (Å²) in [5.74, 6) is -1.50. The van der Waals surface area contributed by atoms with Gasteiger partial charge in [0.1, 0.15) is 17.5 Å². The smallest absolute Gasteiger partial charge is 0.261 e. The SMILES string of the molecule is O=C(c1ccc(F)cc1F)N1Cc2cccnc2Nc2ccccc21. The molecule has 0 bridgehead atoms. The standard InChI is InChI=1S/C19H13F2N3O/c20-13-7-8-14(15(21)10-13)19(25)24-11-12-4-3-9-22-18(12)23-16-5-1-2-6-17(16)24/h1-10H,11H2,(H,22,23). The average Bonchev–Trinajstić information content (AvgIpc) is 2.78. The number of carbonyl (C=O) groups excluding carboxylic acids is 1. The summed E-state index contributed by atoms with van der Waals surface area (Å²) >= 11 is 0. The molecule has 6 heteroatoms. The van der Waals surface area contributed by atoms with E-state index in [1.807, 2.05) is 18.2 Å². The van der Waals surface area contributed by atoms with Crippen molar-refractivity contribution in [2.75, 3.05) is 10.2 Å². The summed E-state index contributed by atoms with van der Waals surface area (Å²) < 4.78 is 27.3. The second kappa shape index (κ2) is 5.98. The number of pyridine rings is 1. The van der Waals surface area contributed by atoms with Gasteiger partial charge < -0.3 is 10.2 Å². The van der Waals surface area contributed by atoms with Crippen LogP contribution >= 0.6 is 0 Å². The average molecular weight is 337 g/mol. The Morgan fingerprint density at radius 1 is 1.08 bits per heavy atom. The first-order chi connectivity index (χ1) is 12.1. The minimum atomic E-state index is -0.883. The summed E-state index contributed by atoms with van der Waals surface area (Å²) in [7, 11) is 0. The summed E-state index contributed by atoms with van der Waals surface area (Å²) in [6.45, 7) is 0.225. The fourth-order valence-corrected chi connectivity index (χ4v) is 2.87. The predicted molar refractivity (Wildman–Crippen MR) is 90.8 cm³/mol. The molecule has 4 nitrogen and oxygen atoms in total. The maximum atomic E-state index is 14.1. The number of nitrogens with one attached hydrogen (secondary N) is 1. The van der Waals surface area contributed by atoms with Gasteiger partial charge >= 0.3 is 0 Å². The van der Waals surface area contributed by atoms with Crippen LogP contribution in [0.1, 0.15) is 15.9 Å². The molecule has 2 aromatic carbocycles. The van der Waals surface area contributed by atoms with E-state index in [0.29, 0.717) is 23.3 Å². The number of anilines is 3. The number of hydrogen-bond donors (Lipinski definition) is 1. The number of halogens is 2. The van der Waals surface area contributed by atoms with Gasteiger partial charge in [0.15, 0.2) is 0 Å². The number of fused-ring (bicyclic) bond motifs is 2. The number of para-hydroxylation sites is 2. The Balaban J connectivity index is 1.84. The van der Waals surface area contributed by atoms with E-state index < -0.39 is 17.5 Å². The zero-order chi connectivity index (χ0) is 17.4. The monoisotopic (exact) mass is 337 g/mol. The Bertz CT molecular complexity index is 974. The van der Waals surface area contributed by atoms with Crippen LogP contribution in [0.3, 0.4) is 0 Å². The lowest BCUT2D eigenvalue weighted by Crippen LogP contribution is -2.30. The number of benzene rings is 2. The van der Waals surface area contributed by atoms with Crippen molar-refractivity contribution in [1.82, 2.24) is 4.98 Å². The van der Waals surface area contributed by atoms with E-state index >= 15 is 0 Å². The number of aromatic nitrogens is 1. The van der Waals surface area contributed by atoms with Crippen molar-refractivity contribution in [1.29, 1.82) is 0 Å². The fraction of sp³-hybridized carbons (Fsp3) is 0.0526. The lowest BCUT2D eigenvalue weighted by molar-refractivity contribution is 0.0981. The molecule has 1 amide bonds. The first-order valence-corrected chi connectivity index (χ1v) is 7.70. The molecule has 1 aromatic heterocycles. The minimum Gasteiger partial charge on any atom is -0.338 e. The first kappa shape index (κ1) is 15.3. The van der Waals surface area contributed by atoms with Crippen LogP contribution < -0.4 is 10.2 Å². The zero-order valence-corrected chi connectivity index (χ0v) is 13.0. The normalized spacial score (nSPS) is 12.6. The Morgan fingerprint density at radius 2 is 1.92 bits per heavy atom. The Morgan fingerprint density at radius 3 is 2.76 bits per heavy atom. The highest BCUT2D eigenvalue weighted by molar-refractivity contribution is 6.08. The molecule has 0 fully saturated rings. The topological polar surface area (TPSA) is 45.2 Å². The largest absolute Gasteiger partial charge is 0.338 e. The quantitative estimate of drug-likeness (QED) is 0.721. The van der Waals surface area contributed by atoms with Gasteiger partial charge in [-0.2, -0.15) is 0 Å². The van der Waals surface area contributed by atoms with Crippen molar-refractivity contribution in [3.05, 3.63) is 83.6 Å². The molecule has 4 rings (SSSR count). The highest BCUT2D eigenvalue weighted by Crippen LogP contribution is 2.35. The van der Waals surface area contributed by atoms with Gasteiger partial charge in [-0.3, -0.25) is 4.79 Å². The third-order valence-corrected chi connectivity index (χ3v) is 4.07. The number of amides is 1. The van der Waals surface area contributed by atoms with Crippen molar-refractivity contribution in [2.45, 2.75) is 6.54 Å². The summed E-state index contributed by atoms with van der Waals surface area (Å²) in [5.41, 5.74) is 1.92. The third kappa shape index (κ3) is 2.71. The maximum Gasteiger partial charge on any atom is 0.261 e. The highest BCUT2D eigenvalue weighted by Gasteiger charge is 2.26. The minimum absolute atomic E-state index is 0.177. The van der Waals surface area contributed by atoms with Crippen LogP contribution in [0.5, 0.6) is 0 Å². The van der Waals surface area contributed by atoms with E-state index in [0.717, 1.165) is 17.7 Å². The maximum absolute atomic E-state index is 14.1. The molecule has 0 atom stereocenters. The molecule has 0 saturated heterocycles. The van der Waals surface area contributed by atoms with Crippen LogP contribution in [0.15, 0.2) is 60.8 Å². The number of hydrogen-bond acceptors (Lipinski definition) is 3. The molecule has 0 saturated carbocycles. The molecule has 0 aliphatic carbocycles. The summed E-state index contributed by atoms with van der Waals surface area (Å²) in [4.78, 5) is 18.7. The van der Waals surface area contributed by atoms with Gasteiger partial charge in [-0.15, -0.1) is 0 Å². The molecule has 124 valence electrons. The van der Waals surface area contributed by atoms with Crippen molar-refractivity contribution in [2.24, 2.45) is 0 Å². The van der Waals surface area contributed by atoms with Gasteiger partial charge in [-0.05, 0) is 30.3 Å². The van der Waals surface area contributed by atoms with Crippen molar-refractivity contribution in [3.63, 3.8) is 0 Å². The van der Waals surface area contributed by atoms with Crippen molar-refractivity contribution in [3.8, 4) is 0 Å². The second-order valence-corrected chi connectivity index (χ2v) is 5.67. The van der Waals surface area contributed by atoms with E-state index in [4.69, 9.17) is 0 Å². The van der Waals surface area contributed by atoms with E-state index in [1.165, 1.54) is 4.90 Å². The van der Waals surface area contributed by atoms with Crippen LogP contribution in [0.4, 0.5) is 26.0 Å². The van der Waals surface area contributed by atoms with Crippen LogP contribution in [0.25, 0.3) is 0 Å². The van der Waals surface area contributed by atoms with Gasteiger partial charge in [-0.25, -0.2) is 13.8 Å². The number of rotatable bonds is 1. The van der Waals surface area contributed by atoms with E-state index in [9.17, 15) is 13.6 Å². The number of carbonyl (C=O) groups is 1. The molecular formula is C19H13F2N3O. The van der Waals surface area contributed by atoms with Crippen molar-refractivity contribution < 1.29 is 13.6 Å². The summed E-state index contributed by atoms with van der Waals surface area (Å²) in [6.07, 6.45) is 1.66. The first-order valence-electron chi connectivity index (χ1n) is 7.70. The van der Waals surface area contributed by atoms with Crippen LogP contribution in [-0.4, -0.2) is 10.9 Å². The van der Waals surface area contributed by atoms with Gasteiger partial charge in [0.2, 0.25) is 0 Å². The van der Waals surface area contributed by atoms with Crippen LogP contribution in [0.2, 0.25) is 0 Å². The van der Waals surface area contributed by atoms with Gasteiger partial charge in [-0.1, -0.05) is 18.2 Å². The van der Waals surface area contributed by atoms with E-state index in [2.05, 4.69) is 10.3 Å². The molecule has 1 aliphatic rings. The molecule has 1 aliphatic heterocycles. The molecule has 0 spiro atoms. The summed E-state index contributed by atoms with van der Waals surface area (Å²) in [6, 6.07) is 13.8. The lowest BCUT2D eigenvalue weighted by atomic mass is 10.1. The van der Waals surface area contributed by atoms with E-state index in [1.54, 1.807) is 24.4 Å². The van der Waals surface area contributed by atoms with Gasteiger partial charge in [0, 0.05) is 17.8 Å². The third-order valence-electron chi connectivity index (χ3n) is 4.07. The summed E-state index contributed by atoms with van der Waals surface area (Å²) in [5, 5.41) is 3.20. The van der Waals surface area contributed by atoms with E-state index in [-0.39, 0.29) is 12.1 Å². The zero-order valence-electron chi connectivity index (χ0n) is 13.0. The predicted octanol–water partition coefficient (Wildman–Crippen LogP) is 4.26. The Kier molecular flexibility index (Phi) is 3.65. The molecule has 2 heterocycles. The van der Waals surface area contributed by atoms with Crippen molar-refractivity contribution >= 4 is 23.1 Å².